The molecule has 1 aliphatic heterocycles. The first-order chi connectivity index (χ1) is 10.6. The summed E-state index contributed by atoms with van der Waals surface area (Å²) < 4.78 is 1.16. The zero-order valence-corrected chi connectivity index (χ0v) is 14.1. The van der Waals surface area contributed by atoms with E-state index < -0.39 is 0 Å². The Kier molecular flexibility index (Phi) is 2.68. The molecule has 0 radical (unpaired) electrons. The fourth-order valence-electron chi connectivity index (χ4n) is 4.95. The largest absolute Gasteiger partial charge is 0.278 e. The molecule has 6 rings (SSSR count). The van der Waals surface area contributed by atoms with Crippen LogP contribution in [0.4, 0.5) is 0 Å². The van der Waals surface area contributed by atoms with Crippen LogP contribution in [0.3, 0.4) is 0 Å². The number of likely N-dealkylation sites (tertiary alicyclic amines) is 1. The van der Waals surface area contributed by atoms with Crippen LogP contribution < -0.4 is 0 Å². The number of amides is 2. The van der Waals surface area contributed by atoms with E-state index in [1.807, 2.05) is 24.3 Å². The van der Waals surface area contributed by atoms with Gasteiger partial charge in [-0.2, -0.15) is 0 Å². The van der Waals surface area contributed by atoms with Crippen molar-refractivity contribution in [1.82, 2.24) is 4.90 Å². The fraction of sp³-hybridized carbons (Fsp3) is 0.444. The van der Waals surface area contributed by atoms with E-state index >= 15 is 0 Å². The van der Waals surface area contributed by atoms with Crippen molar-refractivity contribution in [3.8, 4) is 0 Å². The third kappa shape index (κ3) is 1.67. The van der Waals surface area contributed by atoms with Crippen LogP contribution in [0, 0.1) is 39.1 Å². The van der Waals surface area contributed by atoms with E-state index in [9.17, 15) is 9.59 Å². The topological polar surface area (TPSA) is 37.4 Å². The van der Waals surface area contributed by atoms with Gasteiger partial charge in [0.25, 0.3) is 0 Å². The third-order valence-corrected chi connectivity index (χ3v) is 6.73. The summed E-state index contributed by atoms with van der Waals surface area (Å²) in [6, 6.07) is 8.06. The number of hydrogen-bond donors (Lipinski definition) is 0. The first-order valence-corrected chi connectivity index (χ1v) is 9.01. The second kappa shape index (κ2) is 4.43. The number of hydrogen-bond acceptors (Lipinski definition) is 2. The molecule has 0 N–H and O–H groups in total. The molecule has 1 aromatic carbocycles. The molecule has 0 unspecified atom stereocenters. The predicted octanol–water partition coefficient (Wildman–Crippen LogP) is 2.84. The Hall–Kier alpha value is -1.17. The van der Waals surface area contributed by atoms with Crippen molar-refractivity contribution in [2.45, 2.75) is 13.0 Å². The quantitative estimate of drug-likeness (QED) is 0.431. The van der Waals surface area contributed by atoms with E-state index in [4.69, 9.17) is 0 Å². The summed E-state index contributed by atoms with van der Waals surface area (Å²) in [5.74, 6) is 1.97. The maximum Gasteiger partial charge on any atom is 0.234 e. The molecule has 4 heteroatoms. The van der Waals surface area contributed by atoms with E-state index in [0.29, 0.717) is 30.2 Å². The van der Waals surface area contributed by atoms with Crippen LogP contribution in [0.1, 0.15) is 12.0 Å². The summed E-state index contributed by atoms with van der Waals surface area (Å²) >= 11 is 2.26. The average molecular weight is 405 g/mol. The second-order valence-electron chi connectivity index (χ2n) is 7.04. The average Bonchev–Trinajstić information content (AvgIpc) is 3.30. The molecule has 1 saturated heterocycles. The number of nitrogens with zero attached hydrogens (tertiary/aromatic N) is 1. The van der Waals surface area contributed by atoms with Gasteiger partial charge in [-0.3, -0.25) is 14.5 Å². The number of carbonyl (C=O) groups excluding carboxylic acids is 2. The van der Waals surface area contributed by atoms with E-state index in [-0.39, 0.29) is 23.7 Å². The van der Waals surface area contributed by atoms with Crippen molar-refractivity contribution in [2.75, 3.05) is 0 Å². The monoisotopic (exact) mass is 405 g/mol. The number of allylic oxidation sites excluding steroid dienone is 2. The van der Waals surface area contributed by atoms with Gasteiger partial charge in [-0.25, -0.2) is 0 Å². The molecule has 5 aliphatic rings. The number of carbonyl (C=O) groups is 2. The number of rotatable bonds is 2. The first-order valence-electron chi connectivity index (χ1n) is 7.93. The Morgan fingerprint density at radius 3 is 2.05 bits per heavy atom. The Bertz CT molecular complexity index is 674. The lowest BCUT2D eigenvalue weighted by atomic mass is 9.63. The second-order valence-corrected chi connectivity index (χ2v) is 8.29. The zero-order valence-electron chi connectivity index (χ0n) is 12.0. The molecular formula is C18H16INO2. The normalized spacial score (nSPS) is 40.9. The van der Waals surface area contributed by atoms with Crippen molar-refractivity contribution >= 4 is 34.4 Å². The van der Waals surface area contributed by atoms with Gasteiger partial charge < -0.3 is 0 Å². The summed E-state index contributed by atoms with van der Waals surface area (Å²) in [6.45, 7) is 0.427. The van der Waals surface area contributed by atoms with Crippen LogP contribution in [-0.4, -0.2) is 16.7 Å². The first kappa shape index (κ1) is 13.3. The standard InChI is InChI=1S/C18H16INO2/c19-10-3-1-9(2-4-10)8-20-17(21)15-11-5-6-12(14-7-13(11)14)16(15)18(20)22/h1-6,11-16H,7-8H2/t11-,12-,13-,14-,15-,16+/m0/s1. The summed E-state index contributed by atoms with van der Waals surface area (Å²) in [7, 11) is 0. The maximum atomic E-state index is 12.8. The molecule has 2 amide bonds. The third-order valence-electron chi connectivity index (χ3n) is 6.01. The Balaban J connectivity index is 1.46. The van der Waals surface area contributed by atoms with Crippen molar-refractivity contribution in [2.24, 2.45) is 35.5 Å². The van der Waals surface area contributed by atoms with Crippen LogP contribution in [0.5, 0.6) is 0 Å². The Labute approximate surface area is 142 Å². The van der Waals surface area contributed by atoms with Gasteiger partial charge in [-0.15, -0.1) is 0 Å². The SMILES string of the molecule is O=C1[C@@H]2[C@H]3C=C[C@@H]([C@@H]4C[C@@H]34)[C@@H]2C(=O)N1Cc1ccc(I)cc1. The molecule has 1 heterocycles. The summed E-state index contributed by atoms with van der Waals surface area (Å²) in [4.78, 5) is 27.2. The molecule has 3 nitrogen and oxygen atoms in total. The highest BCUT2D eigenvalue weighted by molar-refractivity contribution is 14.1. The highest BCUT2D eigenvalue weighted by Gasteiger charge is 2.66. The zero-order chi connectivity index (χ0) is 15.0. The number of benzene rings is 1. The van der Waals surface area contributed by atoms with Crippen LogP contribution in [0.25, 0.3) is 0 Å². The van der Waals surface area contributed by atoms with Gasteiger partial charge in [-0.1, -0.05) is 24.3 Å². The van der Waals surface area contributed by atoms with Crippen molar-refractivity contribution in [1.29, 1.82) is 0 Å². The van der Waals surface area contributed by atoms with E-state index in [1.165, 1.54) is 11.3 Å². The van der Waals surface area contributed by atoms with Gasteiger partial charge in [0.15, 0.2) is 0 Å². The molecular weight excluding hydrogens is 389 g/mol. The number of halogens is 1. The fourth-order valence-corrected chi connectivity index (χ4v) is 5.31. The molecule has 3 fully saturated rings. The molecule has 1 aromatic rings. The lowest BCUT2D eigenvalue weighted by molar-refractivity contribution is -0.140. The van der Waals surface area contributed by atoms with Gasteiger partial charge in [-0.05, 0) is 70.4 Å². The van der Waals surface area contributed by atoms with Gasteiger partial charge in [0.2, 0.25) is 11.8 Å². The van der Waals surface area contributed by atoms with Gasteiger partial charge in [0.05, 0.1) is 18.4 Å². The summed E-state index contributed by atoms with van der Waals surface area (Å²) in [5.41, 5.74) is 1.03. The maximum absolute atomic E-state index is 12.8. The van der Waals surface area contributed by atoms with Gasteiger partial charge in [0, 0.05) is 3.57 Å². The smallest absolute Gasteiger partial charge is 0.234 e. The minimum absolute atomic E-state index is 0.0678. The molecule has 2 bridgehead atoms. The molecule has 2 saturated carbocycles. The minimum Gasteiger partial charge on any atom is -0.278 e. The van der Waals surface area contributed by atoms with E-state index in [0.717, 1.165) is 9.13 Å². The molecule has 6 atom stereocenters. The highest BCUT2D eigenvalue weighted by atomic mass is 127. The molecule has 0 spiro atoms. The van der Waals surface area contributed by atoms with Crippen LogP contribution >= 0.6 is 22.6 Å². The van der Waals surface area contributed by atoms with E-state index in [2.05, 4.69) is 34.7 Å². The van der Waals surface area contributed by atoms with Crippen molar-refractivity contribution in [3.05, 3.63) is 45.6 Å². The lowest BCUT2D eigenvalue weighted by Gasteiger charge is -2.37. The minimum atomic E-state index is -0.0740. The van der Waals surface area contributed by atoms with E-state index in [1.54, 1.807) is 0 Å². The van der Waals surface area contributed by atoms with Crippen LogP contribution in [0.15, 0.2) is 36.4 Å². The molecule has 112 valence electrons. The van der Waals surface area contributed by atoms with Gasteiger partial charge in [0.1, 0.15) is 0 Å². The van der Waals surface area contributed by atoms with Crippen molar-refractivity contribution in [3.63, 3.8) is 0 Å². The summed E-state index contributed by atoms with van der Waals surface area (Å²) in [5, 5.41) is 0. The lowest BCUT2D eigenvalue weighted by Crippen LogP contribution is -2.40. The van der Waals surface area contributed by atoms with Gasteiger partial charge >= 0.3 is 0 Å². The number of imide groups is 1. The van der Waals surface area contributed by atoms with Crippen molar-refractivity contribution < 1.29 is 9.59 Å². The highest BCUT2D eigenvalue weighted by Crippen LogP contribution is 2.65. The summed E-state index contributed by atoms with van der Waals surface area (Å²) in [6.07, 6.45) is 5.66. The molecule has 22 heavy (non-hydrogen) atoms. The Morgan fingerprint density at radius 1 is 0.955 bits per heavy atom. The van der Waals surface area contributed by atoms with Crippen LogP contribution in [0.2, 0.25) is 0 Å². The molecule has 4 aliphatic carbocycles. The predicted molar refractivity (Wildman–Crippen MR) is 89.4 cm³/mol. The van der Waals surface area contributed by atoms with Crippen LogP contribution in [-0.2, 0) is 16.1 Å². The molecule has 0 aromatic heterocycles. The Morgan fingerprint density at radius 2 is 1.50 bits per heavy atom.